The van der Waals surface area contributed by atoms with Crippen molar-refractivity contribution < 1.29 is 14.5 Å². The Kier molecular flexibility index (Phi) is 5.41. The van der Waals surface area contributed by atoms with E-state index in [1.54, 1.807) is 36.4 Å². The smallest absolute Gasteiger partial charge is 0.271 e. The molecule has 0 aliphatic heterocycles. The second-order valence-electron chi connectivity index (χ2n) is 6.77. The summed E-state index contributed by atoms with van der Waals surface area (Å²) in [5, 5.41) is 25.1. The van der Waals surface area contributed by atoms with Crippen molar-refractivity contribution in [2.24, 2.45) is 5.73 Å². The Balaban J connectivity index is 1.66. The fourth-order valence-corrected chi connectivity index (χ4v) is 3.08. The lowest BCUT2D eigenvalue weighted by Crippen LogP contribution is -2.16. The Morgan fingerprint density at radius 1 is 0.906 bits per heavy atom. The molecule has 0 saturated carbocycles. The molecule has 0 bridgehead atoms. The normalized spacial score (nSPS) is 10.5. The van der Waals surface area contributed by atoms with Gasteiger partial charge in [0.1, 0.15) is 0 Å². The highest BCUT2D eigenvalue weighted by molar-refractivity contribution is 6.07. The van der Waals surface area contributed by atoms with E-state index in [0.717, 1.165) is 0 Å². The second-order valence-corrected chi connectivity index (χ2v) is 6.77. The molecule has 3 aromatic carbocycles. The molecule has 1 heterocycles. The average molecular weight is 428 g/mol. The maximum atomic E-state index is 12.4. The zero-order chi connectivity index (χ0) is 22.7. The number of amides is 2. The summed E-state index contributed by atoms with van der Waals surface area (Å²) >= 11 is 0. The summed E-state index contributed by atoms with van der Waals surface area (Å²) in [5.41, 5.74) is 7.24. The molecule has 0 atom stereocenters. The number of carbonyl (C=O) groups excluding carboxylic acids is 2. The predicted octanol–water partition coefficient (Wildman–Crippen LogP) is 3.63. The van der Waals surface area contributed by atoms with E-state index in [0.29, 0.717) is 27.8 Å². The van der Waals surface area contributed by atoms with Crippen molar-refractivity contribution in [3.05, 3.63) is 94.2 Å². The van der Waals surface area contributed by atoms with E-state index >= 15 is 0 Å². The van der Waals surface area contributed by atoms with Crippen LogP contribution in [0.25, 0.3) is 10.9 Å². The number of benzene rings is 3. The van der Waals surface area contributed by atoms with Crippen LogP contribution in [-0.2, 0) is 0 Å². The molecule has 32 heavy (non-hydrogen) atoms. The molecule has 0 spiro atoms. The number of primary amides is 1. The molecule has 0 radical (unpaired) electrons. The number of hydrogen-bond donors (Lipinski definition) is 3. The second kappa shape index (κ2) is 8.48. The van der Waals surface area contributed by atoms with E-state index in [1.165, 1.54) is 18.2 Å². The molecule has 0 aliphatic rings. The number of nitrogens with two attached hydrogens (primary N) is 1. The fourth-order valence-electron chi connectivity index (χ4n) is 3.08. The fraction of sp³-hybridized carbons (Fsp3) is 0. The Labute approximate surface area is 181 Å². The van der Waals surface area contributed by atoms with Crippen molar-refractivity contribution in [1.29, 1.82) is 0 Å². The molecule has 4 N–H and O–H groups in total. The van der Waals surface area contributed by atoms with Crippen LogP contribution in [0, 0.1) is 10.1 Å². The van der Waals surface area contributed by atoms with Crippen molar-refractivity contribution in [2.75, 3.05) is 10.6 Å². The molecule has 1 aromatic heterocycles. The predicted molar refractivity (Wildman–Crippen MR) is 119 cm³/mol. The van der Waals surface area contributed by atoms with Gasteiger partial charge in [0, 0.05) is 34.5 Å². The van der Waals surface area contributed by atoms with E-state index in [4.69, 9.17) is 5.73 Å². The maximum Gasteiger partial charge on any atom is 0.271 e. The summed E-state index contributed by atoms with van der Waals surface area (Å²) in [6.45, 7) is 0. The van der Waals surface area contributed by atoms with Crippen LogP contribution in [0.15, 0.2) is 72.8 Å². The standard InChI is InChI=1S/C22H16N6O4/c23-21(29)20-19(17-12-16(28(31)32)10-11-18(17)26-27-20)24-15-8-6-13(7-9-15)22(30)25-14-4-2-1-3-5-14/h1-12H,(H2,23,29)(H,24,26)(H,25,30). The van der Waals surface area contributed by atoms with Gasteiger partial charge in [0.2, 0.25) is 0 Å². The summed E-state index contributed by atoms with van der Waals surface area (Å²) in [6.07, 6.45) is 0. The van der Waals surface area contributed by atoms with E-state index in [-0.39, 0.29) is 23.0 Å². The molecular formula is C22H16N6O4. The highest BCUT2D eigenvalue weighted by atomic mass is 16.6. The van der Waals surface area contributed by atoms with Crippen LogP contribution in [0.5, 0.6) is 0 Å². The first-order chi connectivity index (χ1) is 15.4. The molecule has 10 heteroatoms. The molecule has 10 nitrogen and oxygen atoms in total. The molecule has 0 saturated heterocycles. The number of anilines is 3. The first-order valence-corrected chi connectivity index (χ1v) is 9.40. The monoisotopic (exact) mass is 428 g/mol. The van der Waals surface area contributed by atoms with Gasteiger partial charge < -0.3 is 16.4 Å². The van der Waals surface area contributed by atoms with E-state index in [2.05, 4.69) is 20.8 Å². The third-order valence-corrected chi connectivity index (χ3v) is 4.64. The van der Waals surface area contributed by atoms with Gasteiger partial charge in [-0.05, 0) is 42.5 Å². The molecule has 0 aliphatic carbocycles. The number of nitrogens with one attached hydrogen (secondary N) is 2. The van der Waals surface area contributed by atoms with Gasteiger partial charge in [-0.15, -0.1) is 10.2 Å². The Morgan fingerprint density at radius 2 is 1.62 bits per heavy atom. The molecule has 4 rings (SSSR count). The number of para-hydroxylation sites is 1. The van der Waals surface area contributed by atoms with Crippen molar-refractivity contribution in [3.63, 3.8) is 0 Å². The number of nitro groups is 1. The Bertz CT molecular complexity index is 1330. The van der Waals surface area contributed by atoms with Crippen LogP contribution in [-0.4, -0.2) is 26.9 Å². The van der Waals surface area contributed by atoms with Gasteiger partial charge in [0.05, 0.1) is 16.1 Å². The van der Waals surface area contributed by atoms with Gasteiger partial charge in [-0.2, -0.15) is 0 Å². The van der Waals surface area contributed by atoms with Crippen LogP contribution >= 0.6 is 0 Å². The van der Waals surface area contributed by atoms with Gasteiger partial charge in [-0.1, -0.05) is 18.2 Å². The number of rotatable bonds is 6. The van der Waals surface area contributed by atoms with Gasteiger partial charge in [-0.25, -0.2) is 0 Å². The summed E-state index contributed by atoms with van der Waals surface area (Å²) in [7, 11) is 0. The van der Waals surface area contributed by atoms with Crippen LogP contribution in [0.4, 0.5) is 22.7 Å². The Morgan fingerprint density at radius 3 is 2.28 bits per heavy atom. The van der Waals surface area contributed by atoms with Gasteiger partial charge in [0.25, 0.3) is 17.5 Å². The molecular weight excluding hydrogens is 412 g/mol. The number of hydrogen-bond acceptors (Lipinski definition) is 7. The van der Waals surface area contributed by atoms with Gasteiger partial charge >= 0.3 is 0 Å². The van der Waals surface area contributed by atoms with Crippen LogP contribution in [0.2, 0.25) is 0 Å². The van der Waals surface area contributed by atoms with Crippen LogP contribution < -0.4 is 16.4 Å². The van der Waals surface area contributed by atoms with Crippen molar-refractivity contribution in [1.82, 2.24) is 10.2 Å². The molecule has 2 amide bonds. The van der Waals surface area contributed by atoms with Gasteiger partial charge in [0.15, 0.2) is 5.69 Å². The topological polar surface area (TPSA) is 153 Å². The zero-order valence-electron chi connectivity index (χ0n) is 16.5. The largest absolute Gasteiger partial charge is 0.364 e. The number of fused-ring (bicyclic) bond motifs is 1. The molecule has 4 aromatic rings. The first-order valence-electron chi connectivity index (χ1n) is 9.40. The summed E-state index contributed by atoms with van der Waals surface area (Å²) in [5.74, 6) is -1.13. The number of aromatic nitrogens is 2. The minimum absolute atomic E-state index is 0.163. The van der Waals surface area contributed by atoms with E-state index in [9.17, 15) is 19.7 Å². The van der Waals surface area contributed by atoms with E-state index in [1.807, 2.05) is 18.2 Å². The SMILES string of the molecule is NC(=O)c1nnc2ccc([N+](=O)[O-])cc2c1Nc1ccc(C(=O)Nc2ccccc2)cc1. The Hall–Kier alpha value is -4.86. The molecule has 0 fully saturated rings. The van der Waals surface area contributed by atoms with Crippen molar-refractivity contribution in [2.45, 2.75) is 0 Å². The third kappa shape index (κ3) is 4.19. The van der Waals surface area contributed by atoms with E-state index < -0.39 is 10.8 Å². The minimum atomic E-state index is -0.840. The minimum Gasteiger partial charge on any atom is -0.364 e. The number of non-ortho nitro benzene ring substituents is 1. The van der Waals surface area contributed by atoms with Gasteiger partial charge in [-0.3, -0.25) is 19.7 Å². The number of nitro benzene ring substituents is 1. The third-order valence-electron chi connectivity index (χ3n) is 4.64. The average Bonchev–Trinajstić information content (AvgIpc) is 2.79. The van der Waals surface area contributed by atoms with Crippen LogP contribution in [0.1, 0.15) is 20.8 Å². The zero-order valence-corrected chi connectivity index (χ0v) is 16.5. The van der Waals surface area contributed by atoms with Crippen LogP contribution in [0.3, 0.4) is 0 Å². The van der Waals surface area contributed by atoms with Crippen molar-refractivity contribution in [3.8, 4) is 0 Å². The highest BCUT2D eigenvalue weighted by Gasteiger charge is 2.18. The quantitative estimate of drug-likeness (QED) is 0.313. The summed E-state index contributed by atoms with van der Waals surface area (Å²) in [6, 6.07) is 19.5. The van der Waals surface area contributed by atoms with Crippen molar-refractivity contribution >= 4 is 45.5 Å². The number of nitrogens with zero attached hydrogens (tertiary/aromatic N) is 3. The summed E-state index contributed by atoms with van der Waals surface area (Å²) in [4.78, 5) is 34.9. The lowest BCUT2D eigenvalue weighted by molar-refractivity contribution is -0.384. The summed E-state index contributed by atoms with van der Waals surface area (Å²) < 4.78 is 0. The maximum absolute atomic E-state index is 12.4. The lowest BCUT2D eigenvalue weighted by atomic mass is 10.1. The highest BCUT2D eigenvalue weighted by Crippen LogP contribution is 2.30. The number of carbonyl (C=O) groups is 2. The first kappa shape index (κ1) is 20.4. The molecule has 158 valence electrons. The molecule has 0 unspecified atom stereocenters. The lowest BCUT2D eigenvalue weighted by Gasteiger charge is -2.12.